The highest BCUT2D eigenvalue weighted by Crippen LogP contribution is 2.24. The summed E-state index contributed by atoms with van der Waals surface area (Å²) in [5.41, 5.74) is 4.00. The molecule has 6 heteroatoms. The maximum Gasteiger partial charge on any atom is 0.255 e. The summed E-state index contributed by atoms with van der Waals surface area (Å²) in [6.07, 6.45) is 5.08. The fourth-order valence-electron chi connectivity index (χ4n) is 2.88. The van der Waals surface area contributed by atoms with Crippen LogP contribution in [0.4, 0.5) is 17.1 Å². The Labute approximate surface area is 174 Å². The molecule has 2 aromatic carbocycles. The predicted molar refractivity (Wildman–Crippen MR) is 117 cm³/mol. The minimum Gasteiger partial charge on any atom is -0.457 e. The van der Waals surface area contributed by atoms with E-state index in [-0.39, 0.29) is 5.91 Å². The van der Waals surface area contributed by atoms with Crippen molar-refractivity contribution in [3.8, 4) is 11.5 Å². The highest BCUT2D eigenvalue weighted by molar-refractivity contribution is 6.04. The Balaban J connectivity index is 1.40. The van der Waals surface area contributed by atoms with Crippen molar-refractivity contribution >= 4 is 23.0 Å². The Morgan fingerprint density at radius 1 is 0.800 bits per heavy atom. The SMILES string of the molecule is Cc1cc(Nc2ccc(C(=O)Nc3cccc(Oc4ccncc4)c3)cc2)ccn1. The van der Waals surface area contributed by atoms with Crippen LogP contribution in [0.1, 0.15) is 16.1 Å². The number of aryl methyl sites for hydroxylation is 1. The molecule has 6 nitrogen and oxygen atoms in total. The van der Waals surface area contributed by atoms with Gasteiger partial charge in [0.05, 0.1) is 0 Å². The first kappa shape index (κ1) is 19.1. The molecule has 2 heterocycles. The first-order valence-electron chi connectivity index (χ1n) is 9.45. The summed E-state index contributed by atoms with van der Waals surface area (Å²) < 4.78 is 5.78. The van der Waals surface area contributed by atoms with Crippen LogP contribution < -0.4 is 15.4 Å². The lowest BCUT2D eigenvalue weighted by atomic mass is 10.2. The number of carbonyl (C=O) groups excluding carboxylic acids is 1. The molecule has 0 aliphatic rings. The predicted octanol–water partition coefficient (Wildman–Crippen LogP) is 5.57. The maximum atomic E-state index is 12.6. The van der Waals surface area contributed by atoms with Crippen LogP contribution in [0, 0.1) is 6.92 Å². The molecule has 0 unspecified atom stereocenters. The number of ether oxygens (including phenoxy) is 1. The molecule has 4 aromatic rings. The van der Waals surface area contributed by atoms with E-state index >= 15 is 0 Å². The molecule has 1 amide bonds. The molecule has 0 bridgehead atoms. The van der Waals surface area contributed by atoms with Crippen molar-refractivity contribution in [1.82, 2.24) is 9.97 Å². The number of anilines is 3. The molecule has 0 saturated heterocycles. The highest BCUT2D eigenvalue weighted by Gasteiger charge is 2.07. The van der Waals surface area contributed by atoms with Gasteiger partial charge in [-0.2, -0.15) is 0 Å². The molecular weight excluding hydrogens is 376 g/mol. The molecule has 4 rings (SSSR count). The van der Waals surface area contributed by atoms with Gasteiger partial charge < -0.3 is 15.4 Å². The van der Waals surface area contributed by atoms with Gasteiger partial charge in [-0.1, -0.05) is 6.07 Å². The topological polar surface area (TPSA) is 76.1 Å². The zero-order valence-electron chi connectivity index (χ0n) is 16.4. The molecule has 0 aliphatic carbocycles. The van der Waals surface area contributed by atoms with Crippen molar-refractivity contribution in [3.05, 3.63) is 103 Å². The van der Waals surface area contributed by atoms with Gasteiger partial charge in [-0.3, -0.25) is 14.8 Å². The minimum atomic E-state index is -0.192. The standard InChI is InChI=1S/C24H20N4O2/c1-17-15-21(9-14-26-17)27-19-7-5-18(6-8-19)24(29)28-20-3-2-4-23(16-20)30-22-10-12-25-13-11-22/h2-16H,1H3,(H,26,27)(H,28,29). The summed E-state index contributed by atoms with van der Waals surface area (Å²) in [5, 5.41) is 6.20. The Kier molecular flexibility index (Phi) is 5.66. The van der Waals surface area contributed by atoms with Crippen molar-refractivity contribution in [1.29, 1.82) is 0 Å². The van der Waals surface area contributed by atoms with Crippen LogP contribution in [0.3, 0.4) is 0 Å². The summed E-state index contributed by atoms with van der Waals surface area (Å²) in [6.45, 7) is 1.94. The summed E-state index contributed by atoms with van der Waals surface area (Å²) in [5.74, 6) is 1.12. The molecule has 0 fully saturated rings. The van der Waals surface area contributed by atoms with Crippen LogP contribution in [-0.2, 0) is 0 Å². The maximum absolute atomic E-state index is 12.6. The average Bonchev–Trinajstić information content (AvgIpc) is 2.75. The molecule has 148 valence electrons. The number of amides is 1. The number of benzene rings is 2. The Hall–Kier alpha value is -4.19. The monoisotopic (exact) mass is 396 g/mol. The van der Waals surface area contributed by atoms with Crippen LogP contribution in [0.15, 0.2) is 91.4 Å². The second kappa shape index (κ2) is 8.87. The quantitative estimate of drug-likeness (QED) is 0.445. The van der Waals surface area contributed by atoms with E-state index in [9.17, 15) is 4.79 Å². The molecule has 0 saturated carbocycles. The number of hydrogen-bond donors (Lipinski definition) is 2. The van der Waals surface area contributed by atoms with Gasteiger partial charge in [0, 0.05) is 53.0 Å². The van der Waals surface area contributed by atoms with E-state index in [1.54, 1.807) is 48.9 Å². The number of pyridine rings is 2. The normalized spacial score (nSPS) is 10.3. The number of aromatic nitrogens is 2. The number of nitrogens with one attached hydrogen (secondary N) is 2. The smallest absolute Gasteiger partial charge is 0.255 e. The first-order valence-corrected chi connectivity index (χ1v) is 9.45. The van der Waals surface area contributed by atoms with Crippen LogP contribution in [0.25, 0.3) is 0 Å². The van der Waals surface area contributed by atoms with Crippen LogP contribution in [0.2, 0.25) is 0 Å². The van der Waals surface area contributed by atoms with Crippen molar-refractivity contribution in [2.75, 3.05) is 10.6 Å². The summed E-state index contributed by atoms with van der Waals surface area (Å²) in [6, 6.07) is 22.0. The van der Waals surface area contributed by atoms with Crippen molar-refractivity contribution in [2.24, 2.45) is 0 Å². The third-order valence-electron chi connectivity index (χ3n) is 4.31. The van der Waals surface area contributed by atoms with E-state index in [0.29, 0.717) is 22.7 Å². The zero-order chi connectivity index (χ0) is 20.8. The molecule has 0 spiro atoms. The number of hydrogen-bond acceptors (Lipinski definition) is 5. The number of carbonyl (C=O) groups is 1. The van der Waals surface area contributed by atoms with Crippen molar-refractivity contribution in [2.45, 2.75) is 6.92 Å². The number of nitrogens with zero attached hydrogens (tertiary/aromatic N) is 2. The van der Waals surface area contributed by atoms with E-state index in [0.717, 1.165) is 17.1 Å². The van der Waals surface area contributed by atoms with Gasteiger partial charge in [-0.05, 0) is 67.6 Å². The highest BCUT2D eigenvalue weighted by atomic mass is 16.5. The molecule has 2 aromatic heterocycles. The molecular formula is C24H20N4O2. The summed E-state index contributed by atoms with van der Waals surface area (Å²) >= 11 is 0. The second-order valence-electron chi connectivity index (χ2n) is 6.66. The van der Waals surface area contributed by atoms with Crippen LogP contribution >= 0.6 is 0 Å². The second-order valence-corrected chi connectivity index (χ2v) is 6.66. The zero-order valence-corrected chi connectivity index (χ0v) is 16.4. The molecule has 0 aliphatic heterocycles. The third-order valence-corrected chi connectivity index (χ3v) is 4.31. The van der Waals surface area contributed by atoms with Crippen LogP contribution in [0.5, 0.6) is 11.5 Å². The lowest BCUT2D eigenvalue weighted by molar-refractivity contribution is 0.102. The Bertz CT molecular complexity index is 1150. The van der Waals surface area contributed by atoms with E-state index in [4.69, 9.17) is 4.74 Å². The Morgan fingerprint density at radius 3 is 2.37 bits per heavy atom. The van der Waals surface area contributed by atoms with Crippen LogP contribution in [-0.4, -0.2) is 15.9 Å². The van der Waals surface area contributed by atoms with E-state index in [1.165, 1.54) is 0 Å². The molecule has 30 heavy (non-hydrogen) atoms. The largest absolute Gasteiger partial charge is 0.457 e. The number of rotatable bonds is 6. The third kappa shape index (κ3) is 4.99. The van der Waals surface area contributed by atoms with Gasteiger partial charge in [0.25, 0.3) is 5.91 Å². The van der Waals surface area contributed by atoms with Gasteiger partial charge in [0.1, 0.15) is 11.5 Å². The van der Waals surface area contributed by atoms with Gasteiger partial charge in [0.15, 0.2) is 0 Å². The first-order chi connectivity index (χ1) is 14.7. The van der Waals surface area contributed by atoms with Gasteiger partial charge >= 0.3 is 0 Å². The molecule has 0 atom stereocenters. The summed E-state index contributed by atoms with van der Waals surface area (Å²) in [4.78, 5) is 20.8. The fourth-order valence-corrected chi connectivity index (χ4v) is 2.88. The molecule has 0 radical (unpaired) electrons. The van der Waals surface area contributed by atoms with E-state index in [2.05, 4.69) is 20.6 Å². The summed E-state index contributed by atoms with van der Waals surface area (Å²) in [7, 11) is 0. The molecule has 2 N–H and O–H groups in total. The van der Waals surface area contributed by atoms with Crippen molar-refractivity contribution in [3.63, 3.8) is 0 Å². The van der Waals surface area contributed by atoms with Gasteiger partial charge in [-0.25, -0.2) is 0 Å². The fraction of sp³-hybridized carbons (Fsp3) is 0.0417. The Morgan fingerprint density at radius 2 is 1.60 bits per heavy atom. The van der Waals surface area contributed by atoms with E-state index < -0.39 is 0 Å². The minimum absolute atomic E-state index is 0.192. The van der Waals surface area contributed by atoms with Gasteiger partial charge in [-0.15, -0.1) is 0 Å². The average molecular weight is 396 g/mol. The lowest BCUT2D eigenvalue weighted by Gasteiger charge is -2.10. The van der Waals surface area contributed by atoms with E-state index in [1.807, 2.05) is 49.4 Å². The lowest BCUT2D eigenvalue weighted by Crippen LogP contribution is -2.11. The van der Waals surface area contributed by atoms with Crippen molar-refractivity contribution < 1.29 is 9.53 Å². The van der Waals surface area contributed by atoms with Gasteiger partial charge in [0.2, 0.25) is 0 Å².